The number of hydrogen-bond acceptors (Lipinski definition) is 2. The Morgan fingerprint density at radius 2 is 2.19 bits per heavy atom. The highest BCUT2D eigenvalue weighted by atomic mass is 19.1. The summed E-state index contributed by atoms with van der Waals surface area (Å²) in [5.41, 5.74) is 5.67. The van der Waals surface area contributed by atoms with Crippen LogP contribution in [-0.2, 0) is 4.79 Å². The molecule has 1 unspecified atom stereocenters. The maximum atomic E-state index is 13.5. The topological polar surface area (TPSA) is 55.1 Å². The quantitative estimate of drug-likeness (QED) is 0.773. The van der Waals surface area contributed by atoms with Crippen LogP contribution >= 0.6 is 0 Å². The van der Waals surface area contributed by atoms with Gasteiger partial charge in [-0.15, -0.1) is 0 Å². The van der Waals surface area contributed by atoms with Crippen LogP contribution in [0.1, 0.15) is 31.4 Å². The number of nitrogens with two attached hydrogens (primary N) is 1. The minimum Gasteiger partial charge on any atom is -0.370 e. The Morgan fingerprint density at radius 1 is 1.50 bits per heavy atom. The number of nitrogens with one attached hydrogen (secondary N) is 1. The van der Waals surface area contributed by atoms with Crippen molar-refractivity contribution in [2.75, 3.05) is 6.54 Å². The molecule has 3 N–H and O–H groups in total. The number of hydrogen-bond donors (Lipinski definition) is 2. The van der Waals surface area contributed by atoms with Gasteiger partial charge in [0.2, 0.25) is 5.91 Å². The molecule has 0 saturated carbocycles. The van der Waals surface area contributed by atoms with Crippen LogP contribution in [-0.4, -0.2) is 12.5 Å². The first-order chi connectivity index (χ1) is 7.65. The van der Waals surface area contributed by atoms with E-state index in [4.69, 9.17) is 5.73 Å². The van der Waals surface area contributed by atoms with E-state index < -0.39 is 0 Å². The summed E-state index contributed by atoms with van der Waals surface area (Å²) in [5.74, 6) is -0.572. The lowest BCUT2D eigenvalue weighted by molar-refractivity contribution is -0.117. The van der Waals surface area contributed by atoms with Crippen molar-refractivity contribution in [3.63, 3.8) is 0 Å². The van der Waals surface area contributed by atoms with Crippen molar-refractivity contribution < 1.29 is 9.18 Å². The lowest BCUT2D eigenvalue weighted by Crippen LogP contribution is -2.26. The molecule has 0 aliphatic carbocycles. The first kappa shape index (κ1) is 12.6. The average Bonchev–Trinajstić information content (AvgIpc) is 2.25. The minimum atomic E-state index is -0.351. The molecule has 1 amide bonds. The van der Waals surface area contributed by atoms with Gasteiger partial charge in [0, 0.05) is 24.6 Å². The van der Waals surface area contributed by atoms with Gasteiger partial charge in [0.05, 0.1) is 0 Å². The molecule has 4 heteroatoms. The molecule has 0 radical (unpaired) electrons. The Morgan fingerprint density at radius 3 is 2.75 bits per heavy atom. The molecule has 0 spiro atoms. The molecule has 0 aliphatic rings. The number of carbonyl (C=O) groups excluding carboxylic acids is 1. The summed E-state index contributed by atoms with van der Waals surface area (Å²) in [6.45, 7) is 2.44. The highest BCUT2D eigenvalue weighted by molar-refractivity contribution is 5.73. The van der Waals surface area contributed by atoms with E-state index in [9.17, 15) is 9.18 Å². The van der Waals surface area contributed by atoms with Crippen molar-refractivity contribution in [2.24, 2.45) is 5.73 Å². The molecular formula is C12H17FN2O. The zero-order valence-electron chi connectivity index (χ0n) is 9.37. The molecule has 1 atom stereocenters. The van der Waals surface area contributed by atoms with E-state index in [0.29, 0.717) is 12.1 Å². The van der Waals surface area contributed by atoms with Gasteiger partial charge in [0.1, 0.15) is 5.82 Å². The van der Waals surface area contributed by atoms with Crippen molar-refractivity contribution in [1.82, 2.24) is 5.32 Å². The van der Waals surface area contributed by atoms with Crippen molar-refractivity contribution in [3.05, 3.63) is 35.6 Å². The fraction of sp³-hybridized carbons (Fsp3) is 0.417. The summed E-state index contributed by atoms with van der Waals surface area (Å²) in [5, 5.41) is 3.12. The van der Waals surface area contributed by atoms with Crippen molar-refractivity contribution >= 4 is 5.91 Å². The second kappa shape index (κ2) is 6.23. The van der Waals surface area contributed by atoms with Crippen molar-refractivity contribution in [1.29, 1.82) is 0 Å². The number of halogens is 1. The van der Waals surface area contributed by atoms with Gasteiger partial charge in [-0.3, -0.25) is 4.79 Å². The Labute approximate surface area is 94.8 Å². The van der Waals surface area contributed by atoms with Crippen LogP contribution in [0.4, 0.5) is 4.39 Å². The zero-order valence-corrected chi connectivity index (χ0v) is 9.37. The lowest BCUT2D eigenvalue weighted by atomic mass is 10.0. The first-order valence-electron chi connectivity index (χ1n) is 5.41. The summed E-state index contributed by atoms with van der Waals surface area (Å²) in [6, 6.07) is 6.58. The zero-order chi connectivity index (χ0) is 12.0. The summed E-state index contributed by atoms with van der Waals surface area (Å²) in [4.78, 5) is 10.6. The number of carbonyl (C=O) groups is 1. The molecule has 16 heavy (non-hydrogen) atoms. The molecule has 0 saturated heterocycles. The third-order valence-electron chi connectivity index (χ3n) is 2.45. The third kappa shape index (κ3) is 3.62. The van der Waals surface area contributed by atoms with Crippen LogP contribution < -0.4 is 11.1 Å². The fourth-order valence-corrected chi connectivity index (χ4v) is 1.60. The highest BCUT2D eigenvalue weighted by Gasteiger charge is 2.12. The number of primary amides is 1. The summed E-state index contributed by atoms with van der Waals surface area (Å²) < 4.78 is 13.5. The van der Waals surface area contributed by atoms with Gasteiger partial charge in [-0.2, -0.15) is 0 Å². The smallest absolute Gasteiger partial charge is 0.218 e. The Hall–Kier alpha value is -1.42. The Balaban J connectivity index is 2.60. The maximum Gasteiger partial charge on any atom is 0.218 e. The van der Waals surface area contributed by atoms with E-state index >= 15 is 0 Å². The van der Waals surface area contributed by atoms with Gasteiger partial charge in [-0.25, -0.2) is 4.39 Å². The number of rotatable bonds is 6. The molecule has 1 rings (SSSR count). The average molecular weight is 224 g/mol. The standard InChI is InChI=1S/C12H17FN2O/c1-2-11(15-8-7-12(14)16)9-5-3-4-6-10(9)13/h3-6,11,15H,2,7-8H2,1H3,(H2,14,16). The van der Waals surface area contributed by atoms with Gasteiger partial charge < -0.3 is 11.1 Å². The third-order valence-corrected chi connectivity index (χ3v) is 2.45. The van der Waals surface area contributed by atoms with E-state index in [1.54, 1.807) is 18.2 Å². The molecule has 0 aliphatic heterocycles. The lowest BCUT2D eigenvalue weighted by Gasteiger charge is -2.17. The van der Waals surface area contributed by atoms with Crippen LogP contribution in [0.2, 0.25) is 0 Å². The first-order valence-corrected chi connectivity index (χ1v) is 5.41. The van der Waals surface area contributed by atoms with Crippen molar-refractivity contribution in [3.8, 4) is 0 Å². The number of amides is 1. The summed E-state index contributed by atoms with van der Waals surface area (Å²) >= 11 is 0. The predicted octanol–water partition coefficient (Wildman–Crippen LogP) is 1.74. The van der Waals surface area contributed by atoms with Crippen LogP contribution in [0.25, 0.3) is 0 Å². The number of benzene rings is 1. The normalized spacial score (nSPS) is 12.4. The van der Waals surface area contributed by atoms with Crippen LogP contribution in [0.3, 0.4) is 0 Å². The van der Waals surface area contributed by atoms with Gasteiger partial charge in [0.15, 0.2) is 0 Å². The molecule has 0 bridgehead atoms. The highest BCUT2D eigenvalue weighted by Crippen LogP contribution is 2.19. The van der Waals surface area contributed by atoms with Gasteiger partial charge in [-0.05, 0) is 12.5 Å². The van der Waals surface area contributed by atoms with Crippen LogP contribution in [0.5, 0.6) is 0 Å². The molecule has 0 heterocycles. The van der Waals surface area contributed by atoms with Crippen LogP contribution in [0.15, 0.2) is 24.3 Å². The molecule has 3 nitrogen and oxygen atoms in total. The minimum absolute atomic E-state index is 0.0689. The van der Waals surface area contributed by atoms with Gasteiger partial charge in [-0.1, -0.05) is 25.1 Å². The predicted molar refractivity (Wildman–Crippen MR) is 61.2 cm³/mol. The molecule has 0 aromatic heterocycles. The molecule has 88 valence electrons. The Bertz CT molecular complexity index is 355. The molecule has 1 aromatic carbocycles. The van der Waals surface area contributed by atoms with E-state index in [2.05, 4.69) is 5.32 Å². The molecule has 1 aromatic rings. The summed E-state index contributed by atoms with van der Waals surface area (Å²) in [7, 11) is 0. The second-order valence-corrected chi connectivity index (χ2v) is 3.65. The fourth-order valence-electron chi connectivity index (χ4n) is 1.60. The second-order valence-electron chi connectivity index (χ2n) is 3.65. The van der Waals surface area contributed by atoms with E-state index in [1.165, 1.54) is 6.07 Å². The van der Waals surface area contributed by atoms with E-state index in [-0.39, 0.29) is 24.2 Å². The molecule has 0 fully saturated rings. The Kier molecular flexibility index (Phi) is 4.92. The maximum absolute atomic E-state index is 13.5. The monoisotopic (exact) mass is 224 g/mol. The largest absolute Gasteiger partial charge is 0.370 e. The van der Waals surface area contributed by atoms with Crippen LogP contribution in [0, 0.1) is 5.82 Å². The summed E-state index contributed by atoms with van der Waals surface area (Å²) in [6.07, 6.45) is 1.03. The van der Waals surface area contributed by atoms with E-state index in [0.717, 1.165) is 6.42 Å². The van der Waals surface area contributed by atoms with Gasteiger partial charge in [0.25, 0.3) is 0 Å². The van der Waals surface area contributed by atoms with E-state index in [1.807, 2.05) is 6.92 Å². The van der Waals surface area contributed by atoms with Gasteiger partial charge >= 0.3 is 0 Å². The molecular weight excluding hydrogens is 207 g/mol. The van der Waals surface area contributed by atoms with Crippen molar-refractivity contribution in [2.45, 2.75) is 25.8 Å². The SMILES string of the molecule is CCC(NCCC(N)=O)c1ccccc1F.